The fraction of sp³-hybridized carbons (Fsp3) is 0.308. The summed E-state index contributed by atoms with van der Waals surface area (Å²) >= 11 is 0. The van der Waals surface area contributed by atoms with E-state index in [1.807, 2.05) is 19.1 Å². The maximum absolute atomic E-state index is 11.7. The van der Waals surface area contributed by atoms with Crippen LogP contribution in [-0.2, 0) is 4.74 Å². The zero-order valence-electron chi connectivity index (χ0n) is 11.2. The summed E-state index contributed by atoms with van der Waals surface area (Å²) in [5, 5.41) is 0. The molecule has 0 spiro atoms. The van der Waals surface area contributed by atoms with E-state index in [-0.39, 0.29) is 18.1 Å². The second-order valence-corrected chi connectivity index (χ2v) is 4.11. The summed E-state index contributed by atoms with van der Waals surface area (Å²) in [6, 6.07) is 3.75. The molecule has 0 saturated carbocycles. The molecule has 0 radical (unpaired) electrons. The molecule has 0 unspecified atom stereocenters. The number of carbonyl (C=O) groups is 1. The predicted molar refractivity (Wildman–Crippen MR) is 71.2 cm³/mol. The third-order valence-electron chi connectivity index (χ3n) is 2.70. The molecule has 0 bridgehead atoms. The molecule has 0 aromatic carbocycles. The molecule has 19 heavy (non-hydrogen) atoms. The van der Waals surface area contributed by atoms with Crippen molar-refractivity contribution in [2.75, 3.05) is 12.3 Å². The number of ether oxygens (including phenoxy) is 1. The molecular weight excluding hydrogens is 244 g/mol. The van der Waals surface area contributed by atoms with Gasteiger partial charge in [0.1, 0.15) is 11.6 Å². The Morgan fingerprint density at radius 2 is 2.16 bits per heavy atom. The van der Waals surface area contributed by atoms with Crippen LogP contribution in [0.5, 0.6) is 0 Å². The minimum atomic E-state index is -0.512. The summed E-state index contributed by atoms with van der Waals surface area (Å²) in [6.07, 6.45) is 1.69. The highest BCUT2D eigenvalue weighted by molar-refractivity contribution is 5.92. The molecule has 0 fully saturated rings. The van der Waals surface area contributed by atoms with Crippen LogP contribution >= 0.6 is 0 Å². The molecule has 2 N–H and O–H groups in total. The predicted octanol–water partition coefficient (Wildman–Crippen LogP) is 1.64. The normalized spacial score (nSPS) is 10.5. The summed E-state index contributed by atoms with van der Waals surface area (Å²) in [7, 11) is 0. The first-order valence-corrected chi connectivity index (χ1v) is 5.99. The number of hydrogen-bond donors (Lipinski definition) is 1. The van der Waals surface area contributed by atoms with Crippen molar-refractivity contribution in [3.63, 3.8) is 0 Å². The number of anilines is 1. The maximum atomic E-state index is 11.7. The van der Waals surface area contributed by atoms with E-state index in [1.54, 1.807) is 24.6 Å². The number of aryl methyl sites for hydroxylation is 2. The van der Waals surface area contributed by atoms with E-state index in [4.69, 9.17) is 10.5 Å². The first-order chi connectivity index (χ1) is 9.04. The third kappa shape index (κ3) is 2.42. The Bertz CT molecular complexity index is 602. The van der Waals surface area contributed by atoms with Crippen molar-refractivity contribution in [1.29, 1.82) is 0 Å². The second kappa shape index (κ2) is 5.09. The molecule has 0 amide bonds. The van der Waals surface area contributed by atoms with Gasteiger partial charge in [-0.1, -0.05) is 0 Å². The Morgan fingerprint density at radius 1 is 1.42 bits per heavy atom. The quantitative estimate of drug-likeness (QED) is 0.848. The van der Waals surface area contributed by atoms with Crippen molar-refractivity contribution in [3.8, 4) is 5.69 Å². The average molecular weight is 260 g/mol. The highest BCUT2D eigenvalue weighted by Gasteiger charge is 2.20. The Hall–Kier alpha value is -2.37. The fourth-order valence-corrected chi connectivity index (χ4v) is 1.82. The van der Waals surface area contributed by atoms with Crippen LogP contribution in [0.4, 0.5) is 5.82 Å². The molecule has 6 heteroatoms. The molecule has 2 heterocycles. The summed E-state index contributed by atoms with van der Waals surface area (Å²) in [5.74, 6) is 0.370. The van der Waals surface area contributed by atoms with Crippen molar-refractivity contribution in [2.24, 2.45) is 0 Å². The number of carbonyl (C=O) groups excluding carboxylic acids is 1. The summed E-state index contributed by atoms with van der Waals surface area (Å²) < 4.78 is 6.60. The molecule has 2 aromatic heterocycles. The van der Waals surface area contributed by atoms with Crippen molar-refractivity contribution >= 4 is 11.8 Å². The highest BCUT2D eigenvalue weighted by Crippen LogP contribution is 2.20. The number of nitrogen functional groups attached to an aromatic ring is 1. The Labute approximate surface area is 111 Å². The van der Waals surface area contributed by atoms with Gasteiger partial charge in [0.2, 0.25) is 0 Å². The molecule has 0 atom stereocenters. The molecule has 0 aliphatic heterocycles. The maximum Gasteiger partial charge on any atom is 0.360 e. The van der Waals surface area contributed by atoms with Crippen molar-refractivity contribution in [2.45, 2.75) is 20.8 Å². The fourth-order valence-electron chi connectivity index (χ4n) is 1.82. The van der Waals surface area contributed by atoms with Crippen LogP contribution in [-0.4, -0.2) is 27.1 Å². The lowest BCUT2D eigenvalue weighted by Crippen LogP contribution is -2.09. The number of aromatic nitrogens is 3. The van der Waals surface area contributed by atoms with Gasteiger partial charge < -0.3 is 10.5 Å². The van der Waals surface area contributed by atoms with Gasteiger partial charge in [-0.3, -0.25) is 9.55 Å². The monoisotopic (exact) mass is 260 g/mol. The van der Waals surface area contributed by atoms with E-state index in [2.05, 4.69) is 9.97 Å². The van der Waals surface area contributed by atoms with Gasteiger partial charge in [-0.25, -0.2) is 9.78 Å². The summed E-state index contributed by atoms with van der Waals surface area (Å²) in [5.41, 5.74) is 7.79. The lowest BCUT2D eigenvalue weighted by molar-refractivity contribution is 0.0521. The summed E-state index contributed by atoms with van der Waals surface area (Å²) in [6.45, 7) is 5.70. The van der Waals surface area contributed by atoms with Gasteiger partial charge in [0.25, 0.3) is 0 Å². The molecule has 2 aromatic rings. The number of rotatable bonds is 3. The smallest absolute Gasteiger partial charge is 0.360 e. The van der Waals surface area contributed by atoms with E-state index in [0.29, 0.717) is 5.82 Å². The van der Waals surface area contributed by atoms with Gasteiger partial charge in [0, 0.05) is 5.69 Å². The standard InChI is InChI=1S/C13H16N4O2/c1-4-19-13(18)11-12(14)17(9(3)16-11)10-6-5-8(2)15-7-10/h5-7H,4,14H2,1-3H3. The molecule has 100 valence electrons. The van der Waals surface area contributed by atoms with Crippen LogP contribution in [0.3, 0.4) is 0 Å². The Morgan fingerprint density at radius 3 is 2.74 bits per heavy atom. The van der Waals surface area contributed by atoms with Crippen molar-refractivity contribution in [1.82, 2.24) is 14.5 Å². The summed E-state index contributed by atoms with van der Waals surface area (Å²) in [4.78, 5) is 20.1. The van der Waals surface area contributed by atoms with E-state index in [0.717, 1.165) is 11.4 Å². The van der Waals surface area contributed by atoms with Gasteiger partial charge in [0.05, 0.1) is 18.5 Å². The number of imidazole rings is 1. The second-order valence-electron chi connectivity index (χ2n) is 4.11. The van der Waals surface area contributed by atoms with Crippen LogP contribution in [0.25, 0.3) is 5.69 Å². The van der Waals surface area contributed by atoms with Gasteiger partial charge in [-0.15, -0.1) is 0 Å². The lowest BCUT2D eigenvalue weighted by atomic mass is 10.3. The van der Waals surface area contributed by atoms with Crippen LogP contribution < -0.4 is 5.73 Å². The van der Waals surface area contributed by atoms with Crippen LogP contribution in [0.15, 0.2) is 18.3 Å². The topological polar surface area (TPSA) is 83.0 Å². The SMILES string of the molecule is CCOC(=O)c1nc(C)n(-c2ccc(C)nc2)c1N. The molecular formula is C13H16N4O2. The third-order valence-corrected chi connectivity index (χ3v) is 2.70. The number of esters is 1. The number of nitrogens with zero attached hydrogens (tertiary/aromatic N) is 3. The zero-order chi connectivity index (χ0) is 14.0. The molecule has 0 aliphatic rings. The molecule has 6 nitrogen and oxygen atoms in total. The van der Waals surface area contributed by atoms with Crippen molar-refractivity contribution in [3.05, 3.63) is 35.5 Å². The Kier molecular flexibility index (Phi) is 3.50. The van der Waals surface area contributed by atoms with Gasteiger partial charge in [-0.05, 0) is 32.9 Å². The van der Waals surface area contributed by atoms with E-state index >= 15 is 0 Å². The van der Waals surface area contributed by atoms with Gasteiger partial charge in [-0.2, -0.15) is 0 Å². The molecule has 2 rings (SSSR count). The van der Waals surface area contributed by atoms with E-state index in [1.165, 1.54) is 0 Å². The molecule has 0 aliphatic carbocycles. The lowest BCUT2D eigenvalue weighted by Gasteiger charge is -2.07. The number of nitrogens with two attached hydrogens (primary N) is 1. The van der Waals surface area contributed by atoms with Crippen molar-refractivity contribution < 1.29 is 9.53 Å². The zero-order valence-corrected chi connectivity index (χ0v) is 11.2. The minimum Gasteiger partial charge on any atom is -0.461 e. The average Bonchev–Trinajstić information content (AvgIpc) is 2.67. The van der Waals surface area contributed by atoms with Gasteiger partial charge in [0.15, 0.2) is 5.69 Å². The number of hydrogen-bond acceptors (Lipinski definition) is 5. The Balaban J connectivity index is 2.47. The largest absolute Gasteiger partial charge is 0.461 e. The highest BCUT2D eigenvalue weighted by atomic mass is 16.5. The van der Waals surface area contributed by atoms with Gasteiger partial charge >= 0.3 is 5.97 Å². The van der Waals surface area contributed by atoms with Crippen LogP contribution in [0, 0.1) is 13.8 Å². The minimum absolute atomic E-state index is 0.139. The molecule has 0 saturated heterocycles. The first kappa shape index (κ1) is 13.1. The van der Waals surface area contributed by atoms with E-state index < -0.39 is 5.97 Å². The first-order valence-electron chi connectivity index (χ1n) is 5.99. The van der Waals surface area contributed by atoms with Crippen LogP contribution in [0.2, 0.25) is 0 Å². The van der Waals surface area contributed by atoms with Crippen LogP contribution in [0.1, 0.15) is 28.9 Å². The van der Waals surface area contributed by atoms with E-state index in [9.17, 15) is 4.79 Å². The number of pyridine rings is 1.